The van der Waals surface area contributed by atoms with Crippen molar-refractivity contribution in [1.29, 1.82) is 0 Å². The van der Waals surface area contributed by atoms with Gasteiger partial charge in [-0.3, -0.25) is 19.2 Å². The van der Waals surface area contributed by atoms with Crippen molar-refractivity contribution in [3.63, 3.8) is 0 Å². The van der Waals surface area contributed by atoms with Crippen LogP contribution in [0.4, 0.5) is 22.7 Å². The van der Waals surface area contributed by atoms with Gasteiger partial charge in [-0.2, -0.15) is 0 Å². The molecule has 13 heteroatoms. The number of rotatable bonds is 8. The molecule has 7 aromatic rings. The Morgan fingerprint density at radius 2 is 0.516 bits per heavy atom. The van der Waals surface area contributed by atoms with Crippen LogP contribution < -0.4 is 31.2 Å². The molecule has 0 aliphatic carbocycles. The van der Waals surface area contributed by atoms with Gasteiger partial charge in [0.25, 0.3) is 0 Å². The minimum atomic E-state index is -0.794. The Morgan fingerprint density at radius 3 is 0.731 bits per heavy atom. The zero-order chi connectivity index (χ0) is 68.0. The van der Waals surface area contributed by atoms with E-state index in [0.717, 1.165) is 44.5 Å². The van der Waals surface area contributed by atoms with Crippen molar-refractivity contribution in [1.82, 2.24) is 19.9 Å². The fourth-order valence-electron chi connectivity index (χ4n) is 10.8. The van der Waals surface area contributed by atoms with E-state index >= 15 is 0 Å². The summed E-state index contributed by atoms with van der Waals surface area (Å²) in [6.45, 7) is 49.1. The van der Waals surface area contributed by atoms with Gasteiger partial charge >= 0.3 is 16.8 Å². The average Bonchev–Trinajstić information content (AvgIpc) is 1.69. The summed E-state index contributed by atoms with van der Waals surface area (Å²) < 4.78 is 0. The molecule has 3 aromatic heterocycles. The van der Waals surface area contributed by atoms with Crippen molar-refractivity contribution in [2.24, 2.45) is 21.7 Å². The third-order valence-corrected chi connectivity index (χ3v) is 16.9. The van der Waals surface area contributed by atoms with Crippen LogP contribution in [0.1, 0.15) is 211 Å². The van der Waals surface area contributed by atoms with Crippen molar-refractivity contribution >= 4 is 92.7 Å². The molecule has 0 fully saturated rings. The van der Waals surface area contributed by atoms with Crippen LogP contribution >= 0.6 is 0 Å². The zero-order valence-corrected chi connectivity index (χ0v) is 60.3. The first kappa shape index (κ1) is 70.7. The van der Waals surface area contributed by atoms with Crippen molar-refractivity contribution < 1.29 is 36.0 Å². The number of hydrogen-bond acceptors (Lipinski definition) is 6. The van der Waals surface area contributed by atoms with Crippen LogP contribution in [-0.2, 0) is 57.6 Å². The third-order valence-electron chi connectivity index (χ3n) is 16.9. The van der Waals surface area contributed by atoms with E-state index < -0.39 is 21.7 Å². The molecule has 2 aliphatic heterocycles. The molecule has 0 saturated carbocycles. The number of aromatic nitrogens is 4. The first-order valence-corrected chi connectivity index (χ1v) is 32.2. The first-order valence-electron chi connectivity index (χ1n) is 32.2. The van der Waals surface area contributed by atoms with Gasteiger partial charge in [-0.1, -0.05) is 239 Å². The van der Waals surface area contributed by atoms with Gasteiger partial charge in [0, 0.05) is 32.8 Å². The summed E-state index contributed by atoms with van der Waals surface area (Å²) in [5, 5.41) is 13.1. The topological polar surface area (TPSA) is 170 Å². The predicted octanol–water partition coefficient (Wildman–Crippen LogP) is 19.7. The molecule has 0 saturated heterocycles. The number of carbonyl (C=O) groups is 4. The molecule has 1 radical (unpaired) electrons. The van der Waals surface area contributed by atoms with Crippen molar-refractivity contribution in [2.75, 3.05) is 21.3 Å². The summed E-state index contributed by atoms with van der Waals surface area (Å²) in [5.74, 6) is -0.880. The van der Waals surface area contributed by atoms with Gasteiger partial charge in [-0.15, -0.1) is 22.1 Å². The van der Waals surface area contributed by atoms with Crippen LogP contribution in [0.25, 0.3) is 90.9 Å². The normalized spacial score (nSPS) is 13.2. The second-order valence-electron chi connectivity index (χ2n) is 33.2. The molecular weight excluding hydrogens is 1200 g/mol. The van der Waals surface area contributed by atoms with E-state index in [2.05, 4.69) is 141 Å². The molecule has 0 spiro atoms. The summed E-state index contributed by atoms with van der Waals surface area (Å²) in [7, 11) is 0. The molecule has 5 heterocycles. The van der Waals surface area contributed by atoms with Gasteiger partial charge in [0.15, 0.2) is 0 Å². The van der Waals surface area contributed by atoms with E-state index in [1.165, 1.54) is 0 Å². The minimum Gasteiger partial charge on any atom is -0.657 e. The Hall–Kier alpha value is -8.13. The fraction of sp³-hybridized carbons (Fsp3) is 0.400. The number of carbonyl (C=O) groups excluding carboxylic acids is 4. The minimum absolute atomic E-state index is 0. The van der Waals surface area contributed by atoms with E-state index in [9.17, 15) is 19.2 Å². The Kier molecular flexibility index (Phi) is 19.0. The quantitative estimate of drug-likeness (QED) is 0.116. The van der Waals surface area contributed by atoms with Crippen molar-refractivity contribution in [2.45, 2.75) is 188 Å². The Morgan fingerprint density at radius 1 is 0.301 bits per heavy atom. The Labute approximate surface area is 562 Å². The first-order chi connectivity index (χ1) is 42.3. The molecule has 2 aliphatic rings. The van der Waals surface area contributed by atoms with Crippen molar-refractivity contribution in [3.05, 3.63) is 142 Å². The number of nitrogens with zero attached hydrogens (tertiary/aromatic N) is 4. The smallest absolute Gasteiger partial charge is 0.657 e. The average molecular weight is 1290 g/mol. The van der Waals surface area contributed by atoms with Gasteiger partial charge in [0.1, 0.15) is 0 Å². The molecule has 12 nitrogen and oxygen atoms in total. The summed E-state index contributed by atoms with van der Waals surface area (Å²) in [6.07, 6.45) is 8.01. The maximum absolute atomic E-state index is 14.4. The van der Waals surface area contributed by atoms with E-state index in [1.54, 1.807) is 0 Å². The molecule has 0 atom stereocenters. The second-order valence-corrected chi connectivity index (χ2v) is 33.2. The zero-order valence-electron chi connectivity index (χ0n) is 59.3. The molecule has 489 valence electrons. The third kappa shape index (κ3) is 15.3. The fourth-order valence-corrected chi connectivity index (χ4v) is 10.8. The molecular formula is C80H96CoN8O4. The molecule has 4 amide bonds. The maximum Gasteiger partial charge on any atom is 2.00 e. The summed E-state index contributed by atoms with van der Waals surface area (Å²) in [6, 6.07) is 32.7. The largest absolute Gasteiger partial charge is 2.00 e. The van der Waals surface area contributed by atoms with Gasteiger partial charge in [-0.05, 0) is 126 Å². The number of nitrogens with one attached hydrogen (secondary N) is 4. The summed E-state index contributed by atoms with van der Waals surface area (Å²) in [4.78, 5) is 80.5. The van der Waals surface area contributed by atoms with Crippen LogP contribution in [0, 0.1) is 21.7 Å². The van der Waals surface area contributed by atoms with Gasteiger partial charge in [-0.25, -0.2) is 9.97 Å². The Bertz CT molecular complexity index is 3940. The molecule has 4 N–H and O–H groups in total. The molecule has 9 rings (SSSR count). The molecule has 0 unspecified atom stereocenters. The second kappa shape index (κ2) is 25.0. The Balaban J connectivity index is 0.0000111. The summed E-state index contributed by atoms with van der Waals surface area (Å²) in [5.41, 5.74) is 12.1. The van der Waals surface area contributed by atoms with E-state index in [1.807, 2.05) is 168 Å². The predicted molar refractivity (Wildman–Crippen MR) is 386 cm³/mol. The number of hydrogen-bond donors (Lipinski definition) is 4. The monoisotopic (exact) mass is 1290 g/mol. The van der Waals surface area contributed by atoms with Crippen LogP contribution in [0.2, 0.25) is 0 Å². The number of fused-ring (bicyclic) bond motifs is 8. The van der Waals surface area contributed by atoms with Gasteiger partial charge in [0.2, 0.25) is 23.6 Å². The van der Waals surface area contributed by atoms with Gasteiger partial charge in [0.05, 0.1) is 45.5 Å². The van der Waals surface area contributed by atoms with Crippen LogP contribution in [0.5, 0.6) is 0 Å². The van der Waals surface area contributed by atoms with E-state index in [-0.39, 0.29) is 62.1 Å². The summed E-state index contributed by atoms with van der Waals surface area (Å²) >= 11 is 0. The van der Waals surface area contributed by atoms with Crippen LogP contribution in [-0.4, -0.2) is 33.6 Å². The molecule has 93 heavy (non-hydrogen) atoms. The van der Waals surface area contributed by atoms with Gasteiger partial charge < -0.3 is 31.2 Å². The van der Waals surface area contributed by atoms with Crippen LogP contribution in [0.15, 0.2) is 97.1 Å². The molecule has 4 aromatic carbocycles. The standard InChI is InChI=1S/C80H98N8O4.Co/c1-73(2,3)47-39-45(40-48(43-47)74(4,5)6)63-55-31-35-59(81-55)67(65-51(85-69(89)77(13,14)15)27-25-28-52(65)86-70(90)78(16,17)18)61-37-33-57(83-61)64(46-41-49(75(7,8)9)44-50(42-46)76(10,11)12)58-34-38-62(84-58)68(60-36-32-56(63)82-60)66-53(87-71(91)79(19,20)21)29-26-30-54(66)88-72(92)80(22,23)24;/h25-44H,1-24H3,(H6,81,82,83,84,85,86,87,88,89,90,91,92);/q;+2/p-2. The molecule has 8 bridgehead atoms. The SMILES string of the molecule is CC(C)(C)C(=O)Nc1cccc(NC(=O)C(C)(C)C)c1-c1c2nc(c(-c3cc(C(C)(C)C)cc(C(C)(C)C)c3)c3ccc([n-]3)c(-c3c(NC(=O)C(C)(C)C)cccc3NC(=O)C(C)(C)C)c3nc(c(-c4cc(C(C)(C)C)cc(C(C)(C)C)c4)c4ccc1[n-]4)C=C3)C=C2.[Co+2]. The number of anilines is 4. The number of amides is 4. The van der Waals surface area contributed by atoms with Crippen molar-refractivity contribution in [3.8, 4) is 44.5 Å². The maximum atomic E-state index is 14.4. The van der Waals surface area contributed by atoms with E-state index in [0.29, 0.717) is 89.8 Å². The van der Waals surface area contributed by atoms with Crippen LogP contribution in [0.3, 0.4) is 0 Å². The number of benzene rings is 4. The van der Waals surface area contributed by atoms with E-state index in [4.69, 9.17) is 19.9 Å².